The van der Waals surface area contributed by atoms with Gasteiger partial charge in [0.25, 0.3) is 21.9 Å². The van der Waals surface area contributed by atoms with Crippen LogP contribution in [0.4, 0.5) is 19.0 Å². The smallest absolute Gasteiger partial charge is 0.287 e. The average molecular weight is 426 g/mol. The first-order valence-corrected chi connectivity index (χ1v) is 9.90. The van der Waals surface area contributed by atoms with E-state index in [1.807, 2.05) is 0 Å². The fraction of sp³-hybridized carbons (Fsp3) is 0.278. The molecule has 0 atom stereocenters. The van der Waals surface area contributed by atoms with Crippen LogP contribution in [0, 0.1) is 5.82 Å². The lowest BCUT2D eigenvalue weighted by atomic mass is 9.84. The van der Waals surface area contributed by atoms with Gasteiger partial charge >= 0.3 is 0 Å². The topological polar surface area (TPSA) is 92.3 Å². The number of sulfonamides is 1. The molecule has 3 rings (SSSR count). The number of nitrogens with one attached hydrogen (secondary N) is 1. The zero-order valence-corrected chi connectivity index (χ0v) is 16.3. The maximum Gasteiger partial charge on any atom is 0.287 e. The maximum absolute atomic E-state index is 14.0. The molecule has 1 saturated heterocycles. The molecule has 1 aliphatic rings. The Morgan fingerprint density at radius 3 is 2.41 bits per heavy atom. The number of nitrogens with zero attached hydrogens (tertiary/aromatic N) is 3. The number of rotatable bonds is 5. The molecule has 0 unspecified atom stereocenters. The van der Waals surface area contributed by atoms with Crippen LogP contribution in [0.3, 0.4) is 0 Å². The van der Waals surface area contributed by atoms with E-state index in [1.54, 1.807) is 4.72 Å². The third-order valence-electron chi connectivity index (χ3n) is 4.74. The van der Waals surface area contributed by atoms with Crippen LogP contribution in [0.1, 0.15) is 24.3 Å². The van der Waals surface area contributed by atoms with Gasteiger partial charge in [0.05, 0.1) is 12.7 Å². The largest absolute Gasteiger partial charge is 0.337 e. The molecule has 1 amide bonds. The van der Waals surface area contributed by atoms with Gasteiger partial charge in [0, 0.05) is 11.0 Å². The van der Waals surface area contributed by atoms with Crippen molar-refractivity contribution in [1.29, 1.82) is 0 Å². The molecular weight excluding hydrogens is 409 g/mol. The summed E-state index contributed by atoms with van der Waals surface area (Å²) in [6.07, 6.45) is 0.989. The molecule has 7 nitrogen and oxygen atoms in total. The highest BCUT2D eigenvalue weighted by Gasteiger charge is 2.62. The molecule has 2 aromatic rings. The number of hydrogen-bond donors (Lipinski definition) is 1. The maximum atomic E-state index is 14.0. The highest BCUT2D eigenvalue weighted by molar-refractivity contribution is 7.92. The summed E-state index contributed by atoms with van der Waals surface area (Å²) in [7, 11) is -4.07. The van der Waals surface area contributed by atoms with Gasteiger partial charge < -0.3 is 4.90 Å². The average Bonchev–Trinajstić information content (AvgIpc) is 2.66. The van der Waals surface area contributed by atoms with E-state index >= 15 is 0 Å². The zero-order chi connectivity index (χ0) is 21.6. The molecule has 1 fully saturated rings. The van der Waals surface area contributed by atoms with Crippen LogP contribution in [0.25, 0.3) is 11.3 Å². The van der Waals surface area contributed by atoms with Crippen LogP contribution < -0.4 is 9.62 Å². The van der Waals surface area contributed by atoms with Crippen molar-refractivity contribution < 1.29 is 26.4 Å². The molecule has 29 heavy (non-hydrogen) atoms. The van der Waals surface area contributed by atoms with Crippen LogP contribution in [0.5, 0.6) is 0 Å². The minimum absolute atomic E-state index is 0.0391. The van der Waals surface area contributed by atoms with Crippen LogP contribution in [0.2, 0.25) is 0 Å². The lowest BCUT2D eigenvalue weighted by molar-refractivity contribution is -0.112. The Morgan fingerprint density at radius 1 is 1.28 bits per heavy atom. The van der Waals surface area contributed by atoms with E-state index in [1.165, 1.54) is 30.9 Å². The van der Waals surface area contributed by atoms with Gasteiger partial charge in [-0.25, -0.2) is 36.3 Å². The highest BCUT2D eigenvalue weighted by atomic mass is 32.2. The van der Waals surface area contributed by atoms with Crippen LogP contribution >= 0.6 is 0 Å². The van der Waals surface area contributed by atoms with E-state index in [-0.39, 0.29) is 17.2 Å². The third-order valence-corrected chi connectivity index (χ3v) is 5.65. The molecular formula is C18H17F3N4O3S. The Hall–Kier alpha value is -2.95. The van der Waals surface area contributed by atoms with Crippen molar-refractivity contribution >= 4 is 21.7 Å². The Morgan fingerprint density at radius 2 is 1.90 bits per heavy atom. The Labute approximate surface area is 165 Å². The first-order valence-electron chi connectivity index (χ1n) is 8.36. The van der Waals surface area contributed by atoms with Crippen LogP contribution in [-0.2, 0) is 10.0 Å². The number of carbonyl (C=O) groups excluding carboxylic acids is 1. The van der Waals surface area contributed by atoms with E-state index in [0.29, 0.717) is 11.0 Å². The number of anilines is 1. The molecule has 1 aromatic heterocycles. The molecule has 1 aliphatic heterocycles. The number of aromatic nitrogens is 2. The second-order valence-corrected chi connectivity index (χ2v) is 8.55. The SMILES string of the molecule is C=CS(=O)(=O)NC(=O)c1cnc(N2CC(F)(F)C2(C)C)c(-c2ccc(F)cc2)n1. The number of halogens is 3. The summed E-state index contributed by atoms with van der Waals surface area (Å²) in [6.45, 7) is 5.15. The van der Waals surface area contributed by atoms with Crippen molar-refractivity contribution in [3.05, 3.63) is 54.0 Å². The van der Waals surface area contributed by atoms with Crippen molar-refractivity contribution in [1.82, 2.24) is 14.7 Å². The van der Waals surface area contributed by atoms with Crippen molar-refractivity contribution in [3.63, 3.8) is 0 Å². The van der Waals surface area contributed by atoms with E-state index in [9.17, 15) is 26.4 Å². The molecule has 154 valence electrons. The summed E-state index contributed by atoms with van der Waals surface area (Å²) >= 11 is 0. The van der Waals surface area contributed by atoms with E-state index in [4.69, 9.17) is 0 Å². The van der Waals surface area contributed by atoms with Gasteiger partial charge in [-0.05, 0) is 38.1 Å². The summed E-state index contributed by atoms with van der Waals surface area (Å²) in [5, 5.41) is 0.554. The number of benzene rings is 1. The third kappa shape index (κ3) is 3.69. The summed E-state index contributed by atoms with van der Waals surface area (Å²) in [5.74, 6) is -4.50. The van der Waals surface area contributed by atoms with E-state index in [0.717, 1.165) is 18.3 Å². The molecule has 1 N–H and O–H groups in total. The first kappa shape index (κ1) is 20.8. The minimum atomic E-state index is -4.07. The van der Waals surface area contributed by atoms with Crippen molar-refractivity contribution in [3.8, 4) is 11.3 Å². The summed E-state index contributed by atoms with van der Waals surface area (Å²) in [5.41, 5.74) is -1.56. The van der Waals surface area contributed by atoms with Gasteiger partial charge in [-0.3, -0.25) is 4.79 Å². The van der Waals surface area contributed by atoms with Gasteiger partial charge in [0.15, 0.2) is 5.82 Å². The predicted molar refractivity (Wildman–Crippen MR) is 100 cm³/mol. The van der Waals surface area contributed by atoms with Gasteiger partial charge in [-0.2, -0.15) is 0 Å². The minimum Gasteiger partial charge on any atom is -0.337 e. The second-order valence-electron chi connectivity index (χ2n) is 6.93. The Kier molecular flexibility index (Phi) is 4.89. The zero-order valence-electron chi connectivity index (χ0n) is 15.5. The Bertz CT molecular complexity index is 1090. The van der Waals surface area contributed by atoms with Gasteiger partial charge in [0.1, 0.15) is 22.7 Å². The summed E-state index contributed by atoms with van der Waals surface area (Å²) in [4.78, 5) is 21.8. The van der Waals surface area contributed by atoms with Gasteiger partial charge in [-0.1, -0.05) is 6.58 Å². The standard InChI is InChI=1S/C18H17F3N4O3S/c1-4-29(27,28)24-16(26)13-9-22-15(25-10-18(20,21)17(25,2)3)14(23-13)11-5-7-12(19)8-6-11/h4-9H,1,10H2,2-3H3,(H,24,26). The first-order chi connectivity index (χ1) is 13.4. The quantitative estimate of drug-likeness (QED) is 0.791. The molecule has 0 bridgehead atoms. The van der Waals surface area contributed by atoms with Crippen molar-refractivity contribution in [2.45, 2.75) is 25.3 Å². The molecule has 0 radical (unpaired) electrons. The fourth-order valence-electron chi connectivity index (χ4n) is 2.75. The summed E-state index contributed by atoms with van der Waals surface area (Å²) < 4.78 is 66.1. The van der Waals surface area contributed by atoms with Crippen molar-refractivity contribution in [2.75, 3.05) is 11.4 Å². The highest BCUT2D eigenvalue weighted by Crippen LogP contribution is 2.47. The molecule has 1 aromatic carbocycles. The van der Waals surface area contributed by atoms with Crippen LogP contribution in [0.15, 0.2) is 42.4 Å². The van der Waals surface area contributed by atoms with Crippen molar-refractivity contribution in [2.24, 2.45) is 0 Å². The van der Waals surface area contributed by atoms with Gasteiger partial charge in [-0.15, -0.1) is 0 Å². The fourth-order valence-corrected chi connectivity index (χ4v) is 3.20. The molecule has 0 spiro atoms. The molecule has 0 saturated carbocycles. The predicted octanol–water partition coefficient (Wildman–Crippen LogP) is 2.72. The summed E-state index contributed by atoms with van der Waals surface area (Å²) in [6, 6.07) is 5.00. The molecule has 2 heterocycles. The number of hydrogen-bond acceptors (Lipinski definition) is 6. The molecule has 11 heteroatoms. The number of alkyl halides is 2. The second kappa shape index (κ2) is 6.83. The van der Waals surface area contributed by atoms with Crippen LogP contribution in [-0.4, -0.2) is 42.3 Å². The van der Waals surface area contributed by atoms with E-state index < -0.39 is 39.8 Å². The van der Waals surface area contributed by atoms with Gasteiger partial charge in [0.2, 0.25) is 0 Å². The lowest BCUT2D eigenvalue weighted by Gasteiger charge is -2.55. The van der Waals surface area contributed by atoms with E-state index in [2.05, 4.69) is 16.5 Å². The Balaban J connectivity index is 2.09. The number of amides is 1. The number of carbonyl (C=O) groups is 1. The normalized spacial score (nSPS) is 17.3. The lowest BCUT2D eigenvalue weighted by Crippen LogP contribution is -2.72. The molecule has 0 aliphatic carbocycles. The monoisotopic (exact) mass is 426 g/mol.